The third-order valence-corrected chi connectivity index (χ3v) is 5.11. The van der Waals surface area contributed by atoms with Crippen LogP contribution < -0.4 is 5.32 Å². The summed E-state index contributed by atoms with van der Waals surface area (Å²) in [4.78, 5) is 7.12. The molecule has 1 aromatic carbocycles. The summed E-state index contributed by atoms with van der Waals surface area (Å²) < 4.78 is 13.1. The quantitative estimate of drug-likeness (QED) is 0.935. The topological polar surface area (TPSA) is 28.2 Å². The summed E-state index contributed by atoms with van der Waals surface area (Å²) >= 11 is 7.74. The van der Waals surface area contributed by atoms with Gasteiger partial charge in [-0.05, 0) is 25.1 Å². The van der Waals surface area contributed by atoms with Crippen LogP contribution in [0, 0.1) is 5.82 Å². The van der Waals surface area contributed by atoms with E-state index < -0.39 is 0 Å². The molecular formula is C15H17ClFN3S. The van der Waals surface area contributed by atoms with Crippen molar-refractivity contribution in [2.45, 2.75) is 13.0 Å². The molecule has 1 N–H and O–H groups in total. The van der Waals surface area contributed by atoms with E-state index in [4.69, 9.17) is 16.6 Å². The first-order valence-corrected chi connectivity index (χ1v) is 8.26. The standard InChI is InChI=1S/C15H17ClFN3S/c1-10(20-6-4-18-5-7-20)15-19-14(9-21-15)12-3-2-11(17)8-13(12)16/h2-3,8-10,18H,4-7H2,1H3. The third kappa shape index (κ3) is 3.26. The number of hydrogen-bond acceptors (Lipinski definition) is 4. The van der Waals surface area contributed by atoms with Crippen molar-refractivity contribution >= 4 is 22.9 Å². The molecule has 1 aromatic heterocycles. The number of piperazine rings is 1. The fourth-order valence-electron chi connectivity index (χ4n) is 2.53. The van der Waals surface area contributed by atoms with E-state index in [0.717, 1.165) is 42.4 Å². The van der Waals surface area contributed by atoms with Crippen LogP contribution >= 0.6 is 22.9 Å². The molecule has 0 spiro atoms. The number of halogens is 2. The minimum atomic E-state index is -0.326. The van der Waals surface area contributed by atoms with Crippen molar-refractivity contribution in [1.82, 2.24) is 15.2 Å². The van der Waals surface area contributed by atoms with Gasteiger partial charge in [0.25, 0.3) is 0 Å². The highest BCUT2D eigenvalue weighted by molar-refractivity contribution is 7.10. The van der Waals surface area contributed by atoms with E-state index in [2.05, 4.69) is 17.1 Å². The van der Waals surface area contributed by atoms with Crippen molar-refractivity contribution in [2.24, 2.45) is 0 Å². The Morgan fingerprint density at radius 3 is 2.86 bits per heavy atom. The molecule has 1 saturated heterocycles. The molecule has 0 amide bonds. The van der Waals surface area contributed by atoms with Crippen LogP contribution in [0.5, 0.6) is 0 Å². The summed E-state index contributed by atoms with van der Waals surface area (Å²) in [7, 11) is 0. The predicted molar refractivity (Wildman–Crippen MR) is 85.4 cm³/mol. The zero-order chi connectivity index (χ0) is 14.8. The van der Waals surface area contributed by atoms with Gasteiger partial charge in [0.1, 0.15) is 10.8 Å². The number of hydrogen-bond donors (Lipinski definition) is 1. The van der Waals surface area contributed by atoms with Gasteiger partial charge in [0.2, 0.25) is 0 Å². The number of nitrogens with zero attached hydrogens (tertiary/aromatic N) is 2. The molecule has 3 rings (SSSR count). The van der Waals surface area contributed by atoms with Crippen molar-refractivity contribution < 1.29 is 4.39 Å². The Hall–Kier alpha value is -1.01. The third-order valence-electron chi connectivity index (χ3n) is 3.79. The fourth-order valence-corrected chi connectivity index (χ4v) is 3.70. The van der Waals surface area contributed by atoms with E-state index in [9.17, 15) is 4.39 Å². The largest absolute Gasteiger partial charge is 0.314 e. The Balaban J connectivity index is 1.82. The molecule has 21 heavy (non-hydrogen) atoms. The molecule has 1 aliphatic rings. The van der Waals surface area contributed by atoms with Crippen LogP contribution in [0.1, 0.15) is 18.0 Å². The molecule has 1 aliphatic heterocycles. The van der Waals surface area contributed by atoms with Crippen molar-refractivity contribution in [3.05, 3.63) is 39.4 Å². The molecule has 1 fully saturated rings. The van der Waals surface area contributed by atoms with Gasteiger partial charge < -0.3 is 5.32 Å². The lowest BCUT2D eigenvalue weighted by molar-refractivity contribution is 0.185. The Bertz CT molecular complexity index is 625. The molecule has 2 aromatic rings. The second-order valence-electron chi connectivity index (χ2n) is 5.16. The average molecular weight is 326 g/mol. The van der Waals surface area contributed by atoms with E-state index in [1.165, 1.54) is 12.1 Å². The van der Waals surface area contributed by atoms with Crippen molar-refractivity contribution in [3.63, 3.8) is 0 Å². The molecule has 1 atom stereocenters. The van der Waals surface area contributed by atoms with E-state index in [1.807, 2.05) is 5.38 Å². The predicted octanol–water partition coefficient (Wildman–Crippen LogP) is 3.57. The summed E-state index contributed by atoms with van der Waals surface area (Å²) in [5.41, 5.74) is 1.61. The molecule has 112 valence electrons. The van der Waals surface area contributed by atoms with Gasteiger partial charge in [-0.3, -0.25) is 4.90 Å². The van der Waals surface area contributed by atoms with E-state index in [1.54, 1.807) is 17.4 Å². The summed E-state index contributed by atoms with van der Waals surface area (Å²) in [6, 6.07) is 4.73. The highest BCUT2D eigenvalue weighted by Crippen LogP contribution is 2.32. The monoisotopic (exact) mass is 325 g/mol. The van der Waals surface area contributed by atoms with Gasteiger partial charge in [-0.1, -0.05) is 11.6 Å². The Morgan fingerprint density at radius 2 is 2.14 bits per heavy atom. The number of thiazole rings is 1. The number of aromatic nitrogens is 1. The summed E-state index contributed by atoms with van der Waals surface area (Å²) in [6.45, 7) is 6.29. The van der Waals surface area contributed by atoms with Gasteiger partial charge >= 0.3 is 0 Å². The van der Waals surface area contributed by atoms with E-state index >= 15 is 0 Å². The molecule has 6 heteroatoms. The van der Waals surface area contributed by atoms with Crippen molar-refractivity contribution in [2.75, 3.05) is 26.2 Å². The average Bonchev–Trinajstić information content (AvgIpc) is 2.97. The SMILES string of the molecule is CC(c1nc(-c2ccc(F)cc2Cl)cs1)N1CCNCC1. The Labute approximate surface area is 132 Å². The van der Waals surface area contributed by atoms with Crippen LogP contribution in [-0.2, 0) is 0 Å². The number of rotatable bonds is 3. The first kappa shape index (κ1) is 14.9. The first-order valence-electron chi connectivity index (χ1n) is 7.01. The second-order valence-corrected chi connectivity index (χ2v) is 6.45. The molecule has 2 heterocycles. The van der Waals surface area contributed by atoms with Crippen molar-refractivity contribution in [3.8, 4) is 11.3 Å². The van der Waals surface area contributed by atoms with Crippen LogP contribution in [-0.4, -0.2) is 36.1 Å². The molecule has 1 unspecified atom stereocenters. The second kappa shape index (κ2) is 6.40. The van der Waals surface area contributed by atoms with Gasteiger partial charge in [-0.2, -0.15) is 0 Å². The molecule has 0 bridgehead atoms. The number of nitrogens with one attached hydrogen (secondary N) is 1. The van der Waals surface area contributed by atoms with Gasteiger partial charge in [-0.15, -0.1) is 11.3 Å². The zero-order valence-electron chi connectivity index (χ0n) is 11.8. The molecule has 0 radical (unpaired) electrons. The van der Waals surface area contributed by atoms with Gasteiger partial charge in [0, 0.05) is 37.1 Å². The minimum Gasteiger partial charge on any atom is -0.314 e. The lowest BCUT2D eigenvalue weighted by Gasteiger charge is -2.31. The van der Waals surface area contributed by atoms with Gasteiger partial charge in [0.05, 0.1) is 16.8 Å². The van der Waals surface area contributed by atoms with E-state index in [-0.39, 0.29) is 5.82 Å². The lowest BCUT2D eigenvalue weighted by atomic mass is 10.1. The van der Waals surface area contributed by atoms with Crippen LogP contribution in [0.25, 0.3) is 11.3 Å². The van der Waals surface area contributed by atoms with Gasteiger partial charge in [-0.25, -0.2) is 9.37 Å². The van der Waals surface area contributed by atoms with Crippen LogP contribution in [0.4, 0.5) is 4.39 Å². The molecular weight excluding hydrogens is 309 g/mol. The molecule has 0 saturated carbocycles. The zero-order valence-corrected chi connectivity index (χ0v) is 13.3. The highest BCUT2D eigenvalue weighted by atomic mass is 35.5. The summed E-state index contributed by atoms with van der Waals surface area (Å²) in [6.07, 6.45) is 0. The maximum atomic E-state index is 13.1. The maximum absolute atomic E-state index is 13.1. The maximum Gasteiger partial charge on any atom is 0.124 e. The Morgan fingerprint density at radius 1 is 1.38 bits per heavy atom. The van der Waals surface area contributed by atoms with Crippen LogP contribution in [0.2, 0.25) is 5.02 Å². The normalized spacial score (nSPS) is 17.9. The Kier molecular flexibility index (Phi) is 4.54. The number of benzene rings is 1. The first-order chi connectivity index (χ1) is 10.1. The van der Waals surface area contributed by atoms with Gasteiger partial charge in [0.15, 0.2) is 0 Å². The van der Waals surface area contributed by atoms with Crippen LogP contribution in [0.3, 0.4) is 0 Å². The summed E-state index contributed by atoms with van der Waals surface area (Å²) in [5, 5.41) is 6.83. The molecule has 3 nitrogen and oxygen atoms in total. The molecule has 0 aliphatic carbocycles. The summed E-state index contributed by atoms with van der Waals surface area (Å²) in [5.74, 6) is -0.326. The lowest BCUT2D eigenvalue weighted by Crippen LogP contribution is -2.44. The van der Waals surface area contributed by atoms with Crippen LogP contribution in [0.15, 0.2) is 23.6 Å². The fraction of sp³-hybridized carbons (Fsp3) is 0.400. The smallest absolute Gasteiger partial charge is 0.124 e. The van der Waals surface area contributed by atoms with Crippen molar-refractivity contribution in [1.29, 1.82) is 0 Å². The highest BCUT2D eigenvalue weighted by Gasteiger charge is 2.21. The minimum absolute atomic E-state index is 0.296. The van der Waals surface area contributed by atoms with E-state index in [0.29, 0.717) is 11.1 Å².